The molecule has 0 unspecified atom stereocenters. The van der Waals surface area contributed by atoms with Gasteiger partial charge < -0.3 is 10.0 Å². The van der Waals surface area contributed by atoms with Gasteiger partial charge in [0.1, 0.15) is 17.1 Å². The average Bonchev–Trinajstić information content (AvgIpc) is 2.53. The van der Waals surface area contributed by atoms with E-state index in [4.69, 9.17) is 0 Å². The third kappa shape index (κ3) is 2.46. The van der Waals surface area contributed by atoms with Crippen molar-refractivity contribution < 1.29 is 9.90 Å². The molecule has 2 heterocycles. The van der Waals surface area contributed by atoms with Crippen molar-refractivity contribution in [2.45, 2.75) is 13.3 Å². The van der Waals surface area contributed by atoms with E-state index in [1.807, 2.05) is 11.0 Å². The Bertz CT molecular complexity index is 768. The van der Waals surface area contributed by atoms with E-state index >= 15 is 0 Å². The van der Waals surface area contributed by atoms with Gasteiger partial charge in [-0.1, -0.05) is 6.92 Å². The predicted molar refractivity (Wildman–Crippen MR) is 81.4 cm³/mol. The highest BCUT2D eigenvalue weighted by Gasteiger charge is 2.30. The van der Waals surface area contributed by atoms with E-state index in [2.05, 4.69) is 23.0 Å². The van der Waals surface area contributed by atoms with Crippen molar-refractivity contribution in [2.75, 3.05) is 18.0 Å². The maximum Gasteiger partial charge on any atom is 0.308 e. The molecule has 0 spiro atoms. The summed E-state index contributed by atoms with van der Waals surface area (Å²) < 4.78 is 0. The van der Waals surface area contributed by atoms with E-state index in [1.165, 1.54) is 0 Å². The van der Waals surface area contributed by atoms with Crippen LogP contribution in [0, 0.1) is 23.2 Å². The number of aliphatic carboxylic acids is 1. The van der Waals surface area contributed by atoms with Crippen molar-refractivity contribution >= 4 is 22.7 Å². The number of anilines is 1. The SMILES string of the molecule is C[C@H]1C[C@H](C(=O)O)CN(c2ccc(C#N)c3nccnc23)C1. The van der Waals surface area contributed by atoms with Crippen molar-refractivity contribution in [1.29, 1.82) is 5.26 Å². The van der Waals surface area contributed by atoms with E-state index < -0.39 is 5.97 Å². The van der Waals surface area contributed by atoms with Gasteiger partial charge in [-0.25, -0.2) is 0 Å². The van der Waals surface area contributed by atoms with Gasteiger partial charge in [0.2, 0.25) is 0 Å². The Hall–Kier alpha value is -2.68. The standard InChI is InChI=1S/C16H16N4O2/c1-10-6-12(16(21)22)9-20(8-10)13-3-2-11(7-17)14-15(13)19-5-4-18-14/h2-5,10,12H,6,8-9H2,1H3,(H,21,22)/t10-,12-/m0/s1. The van der Waals surface area contributed by atoms with Crippen LogP contribution in [0.5, 0.6) is 0 Å². The smallest absolute Gasteiger partial charge is 0.308 e. The summed E-state index contributed by atoms with van der Waals surface area (Å²) in [4.78, 5) is 22.0. The van der Waals surface area contributed by atoms with Gasteiger partial charge in [-0.2, -0.15) is 5.26 Å². The van der Waals surface area contributed by atoms with Crippen molar-refractivity contribution in [3.05, 3.63) is 30.1 Å². The third-order valence-electron chi connectivity index (χ3n) is 4.07. The lowest BCUT2D eigenvalue weighted by Gasteiger charge is -2.36. The van der Waals surface area contributed by atoms with Crippen molar-refractivity contribution in [3.8, 4) is 6.07 Å². The molecule has 0 bridgehead atoms. The van der Waals surface area contributed by atoms with Gasteiger partial charge in [0.15, 0.2) is 0 Å². The Balaban J connectivity index is 2.07. The molecular formula is C16H16N4O2. The molecule has 2 aromatic rings. The molecule has 1 aromatic carbocycles. The molecule has 22 heavy (non-hydrogen) atoms. The monoisotopic (exact) mass is 296 g/mol. The highest BCUT2D eigenvalue weighted by molar-refractivity contribution is 5.92. The summed E-state index contributed by atoms with van der Waals surface area (Å²) in [5, 5.41) is 18.5. The molecule has 1 aromatic heterocycles. The average molecular weight is 296 g/mol. The zero-order valence-corrected chi connectivity index (χ0v) is 12.2. The van der Waals surface area contributed by atoms with E-state index in [0.29, 0.717) is 29.6 Å². The topological polar surface area (TPSA) is 90.1 Å². The highest BCUT2D eigenvalue weighted by Crippen LogP contribution is 2.31. The van der Waals surface area contributed by atoms with Crippen LogP contribution in [-0.2, 0) is 4.79 Å². The minimum atomic E-state index is -0.763. The number of nitrogens with zero attached hydrogens (tertiary/aromatic N) is 4. The minimum absolute atomic E-state index is 0.289. The Morgan fingerprint density at radius 2 is 2.05 bits per heavy atom. The quantitative estimate of drug-likeness (QED) is 0.912. The van der Waals surface area contributed by atoms with Gasteiger partial charge in [0.25, 0.3) is 0 Å². The minimum Gasteiger partial charge on any atom is -0.481 e. The van der Waals surface area contributed by atoms with Gasteiger partial charge in [0, 0.05) is 25.5 Å². The zero-order valence-electron chi connectivity index (χ0n) is 12.2. The Morgan fingerprint density at radius 1 is 1.32 bits per heavy atom. The number of hydrogen-bond donors (Lipinski definition) is 1. The zero-order chi connectivity index (χ0) is 15.7. The molecule has 0 amide bonds. The lowest BCUT2D eigenvalue weighted by molar-refractivity contribution is -0.142. The van der Waals surface area contributed by atoms with Crippen molar-refractivity contribution in [2.24, 2.45) is 11.8 Å². The molecule has 1 aliphatic rings. The number of nitriles is 1. The first-order valence-electron chi connectivity index (χ1n) is 7.21. The first kappa shape index (κ1) is 14.3. The number of fused-ring (bicyclic) bond motifs is 1. The molecule has 3 rings (SSSR count). The highest BCUT2D eigenvalue weighted by atomic mass is 16.4. The summed E-state index contributed by atoms with van der Waals surface area (Å²) in [7, 11) is 0. The van der Waals surface area contributed by atoms with Crippen LogP contribution in [0.15, 0.2) is 24.5 Å². The second-order valence-electron chi connectivity index (χ2n) is 5.78. The maximum absolute atomic E-state index is 11.3. The molecular weight excluding hydrogens is 280 g/mol. The van der Waals surface area contributed by atoms with Gasteiger partial charge in [0.05, 0.1) is 17.2 Å². The van der Waals surface area contributed by atoms with Crippen LogP contribution in [0.3, 0.4) is 0 Å². The fourth-order valence-corrected chi connectivity index (χ4v) is 3.12. The molecule has 2 atom stereocenters. The fourth-order valence-electron chi connectivity index (χ4n) is 3.12. The molecule has 1 saturated heterocycles. The van der Waals surface area contributed by atoms with Crippen LogP contribution >= 0.6 is 0 Å². The second-order valence-corrected chi connectivity index (χ2v) is 5.78. The van der Waals surface area contributed by atoms with Gasteiger partial charge in [-0.15, -0.1) is 0 Å². The van der Waals surface area contributed by atoms with Crippen LogP contribution in [0.4, 0.5) is 5.69 Å². The molecule has 1 aliphatic heterocycles. The number of rotatable bonds is 2. The lowest BCUT2D eigenvalue weighted by Crippen LogP contribution is -2.42. The van der Waals surface area contributed by atoms with E-state index in [0.717, 1.165) is 12.2 Å². The van der Waals surface area contributed by atoms with E-state index in [-0.39, 0.29) is 11.8 Å². The lowest BCUT2D eigenvalue weighted by atomic mass is 9.90. The van der Waals surface area contributed by atoms with Crippen LogP contribution in [-0.4, -0.2) is 34.1 Å². The number of carboxylic acids is 1. The Labute approximate surface area is 128 Å². The first-order chi connectivity index (χ1) is 10.6. The number of carboxylic acid groups (broad SMARTS) is 1. The molecule has 112 valence electrons. The fraction of sp³-hybridized carbons (Fsp3) is 0.375. The Kier molecular flexibility index (Phi) is 3.63. The summed E-state index contributed by atoms with van der Waals surface area (Å²) in [6.07, 6.45) is 3.84. The number of carbonyl (C=O) groups is 1. The normalized spacial score (nSPS) is 21.5. The van der Waals surface area contributed by atoms with Crippen molar-refractivity contribution in [1.82, 2.24) is 9.97 Å². The Morgan fingerprint density at radius 3 is 2.73 bits per heavy atom. The summed E-state index contributed by atoms with van der Waals surface area (Å²) in [6, 6.07) is 5.68. The number of aromatic nitrogens is 2. The molecule has 1 fully saturated rings. The summed E-state index contributed by atoms with van der Waals surface area (Å²) in [6.45, 7) is 3.29. The summed E-state index contributed by atoms with van der Waals surface area (Å²) in [5.41, 5.74) is 2.54. The first-order valence-corrected chi connectivity index (χ1v) is 7.21. The van der Waals surface area contributed by atoms with E-state index in [9.17, 15) is 15.2 Å². The number of hydrogen-bond acceptors (Lipinski definition) is 5. The van der Waals surface area contributed by atoms with Gasteiger partial charge >= 0.3 is 5.97 Å². The molecule has 0 saturated carbocycles. The number of piperidine rings is 1. The molecule has 0 aliphatic carbocycles. The summed E-state index contributed by atoms with van der Waals surface area (Å²) in [5.74, 6) is -0.857. The molecule has 6 nitrogen and oxygen atoms in total. The molecule has 0 radical (unpaired) electrons. The second kappa shape index (κ2) is 5.60. The summed E-state index contributed by atoms with van der Waals surface area (Å²) >= 11 is 0. The molecule has 1 N–H and O–H groups in total. The number of benzene rings is 1. The van der Waals surface area contributed by atoms with Gasteiger partial charge in [-0.3, -0.25) is 14.8 Å². The van der Waals surface area contributed by atoms with Crippen LogP contribution in [0.2, 0.25) is 0 Å². The van der Waals surface area contributed by atoms with Crippen molar-refractivity contribution in [3.63, 3.8) is 0 Å². The maximum atomic E-state index is 11.3. The van der Waals surface area contributed by atoms with Crippen LogP contribution in [0.1, 0.15) is 18.9 Å². The van der Waals surface area contributed by atoms with Crippen LogP contribution < -0.4 is 4.90 Å². The predicted octanol–water partition coefficient (Wildman–Crippen LogP) is 2.05. The molecule has 6 heteroatoms. The third-order valence-corrected chi connectivity index (χ3v) is 4.07. The van der Waals surface area contributed by atoms with Gasteiger partial charge in [-0.05, 0) is 24.5 Å². The van der Waals surface area contributed by atoms with E-state index in [1.54, 1.807) is 18.5 Å². The van der Waals surface area contributed by atoms with Crippen LogP contribution in [0.25, 0.3) is 11.0 Å². The largest absolute Gasteiger partial charge is 0.481 e.